The van der Waals surface area contributed by atoms with Gasteiger partial charge >= 0.3 is 0 Å². The minimum Gasteiger partial charge on any atom is -0.497 e. The van der Waals surface area contributed by atoms with E-state index < -0.39 is 22.5 Å². The van der Waals surface area contributed by atoms with Crippen LogP contribution in [0.25, 0.3) is 0 Å². The normalized spacial score (nSPS) is 13.3. The molecule has 0 aromatic heterocycles. The molecule has 1 saturated heterocycles. The zero-order valence-electron chi connectivity index (χ0n) is 23.2. The molecule has 0 saturated carbocycles. The predicted molar refractivity (Wildman–Crippen MR) is 155 cm³/mol. The molecule has 1 aliphatic heterocycles. The Morgan fingerprint density at radius 3 is 2.08 bits per heavy atom. The van der Waals surface area contributed by atoms with Crippen LogP contribution in [0, 0.1) is 0 Å². The second-order valence-electron chi connectivity index (χ2n) is 9.21. The number of hydrogen-bond donors (Lipinski definition) is 1. The van der Waals surface area contributed by atoms with Crippen LogP contribution in [0.5, 0.6) is 23.0 Å². The van der Waals surface area contributed by atoms with Gasteiger partial charge in [-0.2, -0.15) is 0 Å². The lowest BCUT2D eigenvalue weighted by Crippen LogP contribution is -2.38. The maximum absolute atomic E-state index is 14.0. The second-order valence-corrected chi connectivity index (χ2v) is 11.1. The average molecular weight is 570 g/mol. The van der Waals surface area contributed by atoms with Gasteiger partial charge in [-0.05, 0) is 67.8 Å². The van der Waals surface area contributed by atoms with Gasteiger partial charge < -0.3 is 29.2 Å². The molecule has 1 heterocycles. The lowest BCUT2D eigenvalue weighted by molar-refractivity contribution is -0.114. The van der Waals surface area contributed by atoms with Gasteiger partial charge in [0, 0.05) is 36.6 Å². The van der Waals surface area contributed by atoms with Crippen LogP contribution in [0.2, 0.25) is 0 Å². The van der Waals surface area contributed by atoms with Crippen molar-refractivity contribution in [1.29, 1.82) is 0 Å². The molecule has 0 spiro atoms. The highest BCUT2D eigenvalue weighted by molar-refractivity contribution is 7.92. The fraction of sp³-hybridized carbons (Fsp3) is 0.345. The minimum atomic E-state index is -4.28. The van der Waals surface area contributed by atoms with E-state index in [1.807, 2.05) is 24.3 Å². The number of methoxy groups -OCH3 is 4. The first kappa shape index (κ1) is 28.9. The molecule has 1 fully saturated rings. The van der Waals surface area contributed by atoms with Gasteiger partial charge in [-0.25, -0.2) is 8.42 Å². The average Bonchev–Trinajstić information content (AvgIpc) is 2.99. The van der Waals surface area contributed by atoms with Crippen LogP contribution in [-0.2, 0) is 14.8 Å². The molecule has 1 aliphatic rings. The molecule has 3 aromatic rings. The summed E-state index contributed by atoms with van der Waals surface area (Å²) >= 11 is 0. The van der Waals surface area contributed by atoms with Gasteiger partial charge in [-0.15, -0.1) is 0 Å². The highest BCUT2D eigenvalue weighted by Crippen LogP contribution is 2.37. The molecule has 0 bridgehead atoms. The van der Waals surface area contributed by atoms with Crippen molar-refractivity contribution in [3.63, 3.8) is 0 Å². The molecular formula is C29H35N3O7S. The standard InChI is InChI=1S/C29H35N3O7S/c1-36-23-12-14-26(37-2)25(18-23)32(40(34,35)24-13-15-27(38-3)28(19-24)39-4)20-29(33)30-21-8-10-22(11-9-21)31-16-6-5-7-17-31/h8-15,18-19H,5-7,16-17,20H2,1-4H3,(H,30,33). The molecule has 40 heavy (non-hydrogen) atoms. The fourth-order valence-corrected chi connectivity index (χ4v) is 6.07. The molecule has 4 rings (SSSR count). The van der Waals surface area contributed by atoms with Crippen molar-refractivity contribution in [2.75, 3.05) is 62.6 Å². The summed E-state index contributed by atoms with van der Waals surface area (Å²) in [6.45, 7) is 1.50. The van der Waals surface area contributed by atoms with Crippen LogP contribution in [-0.4, -0.2) is 62.4 Å². The zero-order valence-corrected chi connectivity index (χ0v) is 24.0. The van der Waals surface area contributed by atoms with Crippen LogP contribution in [0.3, 0.4) is 0 Å². The summed E-state index contributed by atoms with van der Waals surface area (Å²) in [4.78, 5) is 15.5. The van der Waals surface area contributed by atoms with E-state index in [1.54, 1.807) is 12.1 Å². The number of ether oxygens (including phenoxy) is 4. The topological polar surface area (TPSA) is 107 Å². The van der Waals surface area contributed by atoms with Crippen molar-refractivity contribution in [1.82, 2.24) is 0 Å². The molecule has 1 N–H and O–H groups in total. The van der Waals surface area contributed by atoms with Gasteiger partial charge in [-0.3, -0.25) is 9.10 Å². The van der Waals surface area contributed by atoms with Crippen molar-refractivity contribution >= 4 is 33.0 Å². The number of sulfonamides is 1. The van der Waals surface area contributed by atoms with Gasteiger partial charge in [-0.1, -0.05) is 0 Å². The third-order valence-electron chi connectivity index (χ3n) is 6.76. The molecule has 0 radical (unpaired) electrons. The number of rotatable bonds is 11. The van der Waals surface area contributed by atoms with Crippen molar-refractivity contribution in [3.05, 3.63) is 60.7 Å². The van der Waals surface area contributed by atoms with Gasteiger partial charge in [0.25, 0.3) is 10.0 Å². The molecule has 10 nitrogen and oxygen atoms in total. The Balaban J connectivity index is 1.66. The summed E-state index contributed by atoms with van der Waals surface area (Å²) in [5, 5.41) is 2.82. The zero-order chi connectivity index (χ0) is 28.7. The van der Waals surface area contributed by atoms with E-state index in [0.717, 1.165) is 35.9 Å². The van der Waals surface area contributed by atoms with E-state index in [0.29, 0.717) is 17.2 Å². The molecule has 0 aliphatic carbocycles. The lowest BCUT2D eigenvalue weighted by Gasteiger charge is -2.29. The van der Waals surface area contributed by atoms with Crippen LogP contribution < -0.4 is 33.5 Å². The van der Waals surface area contributed by atoms with Crippen molar-refractivity contribution < 1.29 is 32.2 Å². The fourth-order valence-electron chi connectivity index (χ4n) is 4.63. The maximum Gasteiger partial charge on any atom is 0.265 e. The number of amides is 1. The predicted octanol–water partition coefficient (Wildman–Crippen LogP) is 4.55. The van der Waals surface area contributed by atoms with Crippen LogP contribution in [0.15, 0.2) is 65.6 Å². The first-order chi connectivity index (χ1) is 19.3. The first-order valence-electron chi connectivity index (χ1n) is 12.9. The molecular weight excluding hydrogens is 534 g/mol. The van der Waals surface area contributed by atoms with Gasteiger partial charge in [0.05, 0.1) is 39.0 Å². The highest BCUT2D eigenvalue weighted by Gasteiger charge is 2.31. The Labute approximate surface area is 235 Å². The van der Waals surface area contributed by atoms with Gasteiger partial charge in [0.1, 0.15) is 18.0 Å². The highest BCUT2D eigenvalue weighted by atomic mass is 32.2. The molecule has 11 heteroatoms. The summed E-state index contributed by atoms with van der Waals surface area (Å²) in [5.41, 5.74) is 1.80. The van der Waals surface area contributed by atoms with Gasteiger partial charge in [0.15, 0.2) is 11.5 Å². The molecule has 1 amide bonds. The smallest absolute Gasteiger partial charge is 0.265 e. The largest absolute Gasteiger partial charge is 0.497 e. The third kappa shape index (κ3) is 6.36. The summed E-state index contributed by atoms with van der Waals surface area (Å²) < 4.78 is 50.4. The minimum absolute atomic E-state index is 0.0892. The number of piperidine rings is 1. The summed E-state index contributed by atoms with van der Waals surface area (Å²) in [5.74, 6) is 0.734. The number of carbonyl (C=O) groups is 1. The quantitative estimate of drug-likeness (QED) is 0.359. The monoisotopic (exact) mass is 569 g/mol. The Morgan fingerprint density at radius 1 is 0.800 bits per heavy atom. The lowest BCUT2D eigenvalue weighted by atomic mass is 10.1. The van der Waals surface area contributed by atoms with Crippen molar-refractivity contribution in [2.24, 2.45) is 0 Å². The van der Waals surface area contributed by atoms with Gasteiger partial charge in [0.2, 0.25) is 5.91 Å². The second kappa shape index (κ2) is 12.8. The van der Waals surface area contributed by atoms with E-state index in [2.05, 4.69) is 10.2 Å². The Bertz CT molecular complexity index is 1420. The van der Waals surface area contributed by atoms with Crippen LogP contribution in [0.4, 0.5) is 17.1 Å². The molecule has 3 aromatic carbocycles. The number of benzene rings is 3. The Kier molecular flexibility index (Phi) is 9.26. The first-order valence-corrected chi connectivity index (χ1v) is 14.4. The van der Waals surface area contributed by atoms with Crippen molar-refractivity contribution in [3.8, 4) is 23.0 Å². The summed E-state index contributed by atoms with van der Waals surface area (Å²) in [6.07, 6.45) is 3.57. The number of nitrogens with zero attached hydrogens (tertiary/aromatic N) is 2. The van der Waals surface area contributed by atoms with Crippen LogP contribution in [0.1, 0.15) is 19.3 Å². The number of anilines is 3. The van der Waals surface area contributed by atoms with E-state index in [4.69, 9.17) is 18.9 Å². The van der Waals surface area contributed by atoms with E-state index in [9.17, 15) is 13.2 Å². The summed E-state index contributed by atoms with van der Waals surface area (Å²) in [6, 6.07) is 16.6. The molecule has 0 atom stereocenters. The Hall–Kier alpha value is -4.12. The summed E-state index contributed by atoms with van der Waals surface area (Å²) in [7, 11) is 1.49. The van der Waals surface area contributed by atoms with E-state index >= 15 is 0 Å². The Morgan fingerprint density at radius 2 is 1.45 bits per heavy atom. The SMILES string of the molecule is COc1ccc(OC)c(N(CC(=O)Nc2ccc(N3CCCCC3)cc2)S(=O)(=O)c2ccc(OC)c(OC)c2)c1. The number of carbonyl (C=O) groups excluding carboxylic acids is 1. The maximum atomic E-state index is 14.0. The molecule has 0 unspecified atom stereocenters. The van der Waals surface area contributed by atoms with Crippen LogP contribution >= 0.6 is 0 Å². The van der Waals surface area contributed by atoms with E-state index in [1.165, 1.54) is 59.1 Å². The number of hydrogen-bond acceptors (Lipinski definition) is 8. The van der Waals surface area contributed by atoms with Crippen molar-refractivity contribution in [2.45, 2.75) is 24.2 Å². The molecule has 214 valence electrons. The van der Waals surface area contributed by atoms with E-state index in [-0.39, 0.29) is 22.1 Å². The number of nitrogens with one attached hydrogen (secondary N) is 1. The third-order valence-corrected chi connectivity index (χ3v) is 8.51.